The van der Waals surface area contributed by atoms with Crippen molar-refractivity contribution in [3.8, 4) is 0 Å². The molecule has 91 heavy (non-hydrogen) atoms. The summed E-state index contributed by atoms with van der Waals surface area (Å²) in [6, 6.07) is 0. The third kappa shape index (κ3) is 25.7. The minimum Gasteiger partial charge on any atom is -0.462 e. The summed E-state index contributed by atoms with van der Waals surface area (Å²) in [5, 5.41) is 0. The van der Waals surface area contributed by atoms with Crippen molar-refractivity contribution >= 4 is 23.9 Å². The third-order valence-corrected chi connectivity index (χ3v) is 24.0. The molecule has 0 aliphatic heterocycles. The predicted octanol–water partition coefficient (Wildman–Crippen LogP) is 24.1. The summed E-state index contributed by atoms with van der Waals surface area (Å²) in [7, 11) is 0. The summed E-state index contributed by atoms with van der Waals surface area (Å²) >= 11 is 0. The Balaban J connectivity index is 0.000000609. The van der Waals surface area contributed by atoms with Gasteiger partial charge in [-0.15, -0.1) is 0 Å². The third-order valence-electron chi connectivity index (χ3n) is 24.0. The van der Waals surface area contributed by atoms with E-state index in [9.17, 15) is 19.2 Å². The van der Waals surface area contributed by atoms with Crippen molar-refractivity contribution in [2.24, 2.45) is 130 Å². The molecule has 0 aromatic rings. The SMILES string of the molecule is CCC(C)(C)C(=O)OC1C(C(C)(C)C)CC(C(C)(C)C)CC1C(C)(C)C.CCC(C)(C)C(=O)OC1C(C(C)(C)C)CC(C)CC1C(C)(C)C.CCC(C)(C)C(=O)OC1C(C)CC(C)CC1C(C)(C)C.CCC(C)(C)C(=O)OC1CCC(C(C)(C)C)CC1C(C)(C)C. The molecular formula is C83H158O8. The molecule has 0 spiro atoms. The number of esters is 4. The van der Waals surface area contributed by atoms with E-state index in [1.54, 1.807) is 0 Å². The normalized spacial score (nSPS) is 29.5. The van der Waals surface area contributed by atoms with E-state index in [0.717, 1.165) is 76.5 Å². The molecule has 11 atom stereocenters. The van der Waals surface area contributed by atoms with E-state index in [1.807, 2.05) is 55.4 Å². The fourth-order valence-corrected chi connectivity index (χ4v) is 14.8. The van der Waals surface area contributed by atoms with Gasteiger partial charge in [0.05, 0.1) is 21.7 Å². The van der Waals surface area contributed by atoms with Gasteiger partial charge in [0.2, 0.25) is 0 Å². The van der Waals surface area contributed by atoms with Crippen LogP contribution in [0.25, 0.3) is 0 Å². The van der Waals surface area contributed by atoms with Crippen LogP contribution in [0.5, 0.6) is 0 Å². The van der Waals surface area contributed by atoms with Crippen molar-refractivity contribution < 1.29 is 38.1 Å². The number of hydrogen-bond acceptors (Lipinski definition) is 8. The molecule has 4 aliphatic rings. The largest absolute Gasteiger partial charge is 0.462 e. The predicted molar refractivity (Wildman–Crippen MR) is 388 cm³/mol. The van der Waals surface area contributed by atoms with Gasteiger partial charge in [-0.2, -0.15) is 0 Å². The van der Waals surface area contributed by atoms with E-state index in [1.165, 1.54) is 12.8 Å². The van der Waals surface area contributed by atoms with E-state index in [4.69, 9.17) is 18.9 Å². The van der Waals surface area contributed by atoms with Crippen LogP contribution in [0.15, 0.2) is 0 Å². The Bertz CT molecular complexity index is 2190. The van der Waals surface area contributed by atoms with Gasteiger partial charge in [0.25, 0.3) is 0 Å². The van der Waals surface area contributed by atoms with Crippen LogP contribution in [0.1, 0.15) is 353 Å². The summed E-state index contributed by atoms with van der Waals surface area (Å²) in [4.78, 5) is 50.7. The van der Waals surface area contributed by atoms with Gasteiger partial charge >= 0.3 is 23.9 Å². The highest BCUT2D eigenvalue weighted by molar-refractivity contribution is 5.77. The van der Waals surface area contributed by atoms with Gasteiger partial charge in [0.15, 0.2) is 0 Å². The van der Waals surface area contributed by atoms with Crippen molar-refractivity contribution in [1.29, 1.82) is 0 Å². The molecule has 0 N–H and O–H groups in total. The van der Waals surface area contributed by atoms with Gasteiger partial charge in [0.1, 0.15) is 24.4 Å². The second kappa shape index (κ2) is 32.0. The number of rotatable bonds is 12. The van der Waals surface area contributed by atoms with Gasteiger partial charge in [-0.1, -0.05) is 215 Å². The van der Waals surface area contributed by atoms with Crippen LogP contribution in [-0.4, -0.2) is 48.3 Å². The molecule has 0 aromatic carbocycles. The van der Waals surface area contributed by atoms with Crippen molar-refractivity contribution in [2.75, 3.05) is 0 Å². The van der Waals surface area contributed by atoms with Gasteiger partial charge < -0.3 is 18.9 Å². The first kappa shape index (κ1) is 86.9. The highest BCUT2D eigenvalue weighted by Crippen LogP contribution is 2.55. The van der Waals surface area contributed by atoms with Crippen molar-refractivity contribution in [2.45, 2.75) is 378 Å². The molecule has 11 unspecified atom stereocenters. The molecule has 4 rings (SSSR count). The Labute approximate surface area is 567 Å². The number of ether oxygens (including phenoxy) is 4. The molecule has 0 aromatic heterocycles. The van der Waals surface area contributed by atoms with Gasteiger partial charge in [-0.3, -0.25) is 19.2 Å². The van der Waals surface area contributed by atoms with Crippen molar-refractivity contribution in [3.05, 3.63) is 0 Å². The standard InChI is InChI=1S/C24H46O2.C21H40O2.C20H38O2.C18H34O2/c1-13-24(11,12)20(25)26-19-17(22(5,6)7)14-16(21(2,3)4)15-18(19)23(8,9)10;1-11-21(9,10)18(22)23-17-15(19(3,4)5)12-14(2)13-16(17)20(6,7)8;1-10-20(8,9)17(21)22-16-12-11-14(18(2,3)4)13-15(16)19(5,6)7;1-9-18(7,8)16(19)20-15-13(3)10-12(2)11-14(15)17(4,5)6/h16-19H,13-15H2,1-12H3;14-17H,11-13H2,1-10H3;14-16H,10-13H2,1-9H3;12-15H,9-11H2,1-8H3. The smallest absolute Gasteiger partial charge is 0.311 e. The first-order valence-corrected chi connectivity index (χ1v) is 37.2. The lowest BCUT2D eigenvalue weighted by Gasteiger charge is -2.53. The minimum absolute atomic E-state index is 0.00641. The van der Waals surface area contributed by atoms with Gasteiger partial charge in [-0.25, -0.2) is 0 Å². The Morgan fingerprint density at radius 1 is 0.275 bits per heavy atom. The van der Waals surface area contributed by atoms with Gasteiger partial charge in [-0.05, 0) is 212 Å². The van der Waals surface area contributed by atoms with E-state index in [-0.39, 0.29) is 97.0 Å². The fraction of sp³-hybridized carbons (Fsp3) is 0.952. The van der Waals surface area contributed by atoms with Crippen LogP contribution >= 0.6 is 0 Å². The second-order valence-corrected chi connectivity index (χ2v) is 41.9. The topological polar surface area (TPSA) is 105 Å². The Kier molecular flexibility index (Phi) is 30.6. The van der Waals surface area contributed by atoms with Crippen molar-refractivity contribution in [1.82, 2.24) is 0 Å². The molecule has 538 valence electrons. The summed E-state index contributed by atoms with van der Waals surface area (Å²) in [6.45, 7) is 86.5. The number of carbonyl (C=O) groups is 4. The highest BCUT2D eigenvalue weighted by Gasteiger charge is 2.53. The van der Waals surface area contributed by atoms with E-state index in [2.05, 4.69) is 215 Å². The first-order chi connectivity index (χ1) is 40.4. The number of carbonyl (C=O) groups excluding carboxylic acids is 4. The minimum atomic E-state index is -0.411. The molecule has 8 nitrogen and oxygen atoms in total. The average Bonchev–Trinajstić information content (AvgIpc) is 0.789. The van der Waals surface area contributed by atoms with Crippen molar-refractivity contribution in [3.63, 3.8) is 0 Å². The zero-order chi connectivity index (χ0) is 72.0. The maximum absolute atomic E-state index is 13.0. The Hall–Kier alpha value is -2.12. The zero-order valence-electron chi connectivity index (χ0n) is 68.1. The summed E-state index contributed by atoms with van der Waals surface area (Å²) in [6.07, 6.45) is 13.7. The molecule has 0 amide bonds. The molecule has 0 heterocycles. The van der Waals surface area contributed by atoms with E-state index >= 15 is 0 Å². The zero-order valence-corrected chi connectivity index (χ0v) is 68.1. The monoisotopic (exact) mass is 1280 g/mol. The summed E-state index contributed by atoms with van der Waals surface area (Å²) in [5.41, 5.74) is -0.0298. The lowest BCUT2D eigenvalue weighted by atomic mass is 9.55. The van der Waals surface area contributed by atoms with Crippen LogP contribution in [0.4, 0.5) is 0 Å². The number of hydrogen-bond donors (Lipinski definition) is 0. The average molecular weight is 1280 g/mol. The fourth-order valence-electron chi connectivity index (χ4n) is 14.8. The highest BCUT2D eigenvalue weighted by atomic mass is 16.6. The van der Waals surface area contributed by atoms with Crippen LogP contribution in [0, 0.1) is 130 Å². The van der Waals surface area contributed by atoms with E-state index < -0.39 is 10.8 Å². The first-order valence-electron chi connectivity index (χ1n) is 37.2. The van der Waals surface area contributed by atoms with Gasteiger partial charge in [0, 0.05) is 35.5 Å². The second-order valence-electron chi connectivity index (χ2n) is 41.9. The molecule has 4 saturated carbocycles. The Morgan fingerprint density at radius 2 is 0.505 bits per heavy atom. The maximum atomic E-state index is 13.0. The molecular weight excluding hydrogens is 1120 g/mol. The molecule has 8 heteroatoms. The quantitative estimate of drug-likeness (QED) is 0.141. The van der Waals surface area contributed by atoms with Crippen LogP contribution in [0.3, 0.4) is 0 Å². The molecule has 0 radical (unpaired) electrons. The Morgan fingerprint density at radius 3 is 0.769 bits per heavy atom. The summed E-state index contributed by atoms with van der Waals surface area (Å²) in [5.74, 6) is 5.67. The molecule has 0 saturated heterocycles. The van der Waals surface area contributed by atoms with E-state index in [0.29, 0.717) is 64.6 Å². The molecule has 4 aliphatic carbocycles. The summed E-state index contributed by atoms with van der Waals surface area (Å²) < 4.78 is 24.6. The lowest BCUT2D eigenvalue weighted by Crippen LogP contribution is -2.52. The van der Waals surface area contributed by atoms with Crippen LogP contribution in [0.2, 0.25) is 0 Å². The maximum Gasteiger partial charge on any atom is 0.311 e. The van der Waals surface area contributed by atoms with Crippen LogP contribution in [-0.2, 0) is 38.1 Å². The lowest BCUT2D eigenvalue weighted by molar-refractivity contribution is -0.182. The molecule has 0 bridgehead atoms. The molecule has 4 fully saturated rings. The van der Waals surface area contributed by atoms with Crippen LogP contribution < -0.4 is 0 Å².